The maximum absolute atomic E-state index is 12.1. The fourth-order valence-electron chi connectivity index (χ4n) is 2.10. The summed E-state index contributed by atoms with van der Waals surface area (Å²) in [7, 11) is 0. The van der Waals surface area contributed by atoms with Crippen LogP contribution in [0.3, 0.4) is 0 Å². The van der Waals surface area contributed by atoms with Crippen LogP contribution in [0.2, 0.25) is 0 Å². The zero-order valence-corrected chi connectivity index (χ0v) is 13.0. The van der Waals surface area contributed by atoms with Crippen LogP contribution < -0.4 is 11.1 Å². The molecular weight excluding hydrogens is 266 g/mol. The minimum atomic E-state index is -0.574. The van der Waals surface area contributed by atoms with Crippen LogP contribution in [-0.2, 0) is 11.3 Å². The molecule has 116 valence electrons. The Labute approximate surface area is 126 Å². The molecule has 0 spiro atoms. The van der Waals surface area contributed by atoms with Crippen molar-refractivity contribution in [2.24, 2.45) is 16.8 Å². The Balaban J connectivity index is 2.62. The number of rotatable bonds is 7. The number of hydrogen-bond donors (Lipinski definition) is 3. The highest BCUT2D eigenvalue weighted by Crippen LogP contribution is 2.15. The van der Waals surface area contributed by atoms with Crippen molar-refractivity contribution < 1.29 is 10.0 Å². The second kappa shape index (κ2) is 8.29. The monoisotopic (exact) mass is 291 g/mol. The molecule has 5 heteroatoms. The Morgan fingerprint density at radius 1 is 1.33 bits per heavy atom. The number of hydrogen-bond acceptors (Lipinski definition) is 3. The summed E-state index contributed by atoms with van der Waals surface area (Å²) in [4.78, 5) is 12.1. The lowest BCUT2D eigenvalue weighted by Crippen LogP contribution is -2.38. The summed E-state index contributed by atoms with van der Waals surface area (Å²) in [6.07, 6.45) is 1.35. The van der Waals surface area contributed by atoms with Crippen molar-refractivity contribution in [3.05, 3.63) is 35.4 Å². The van der Waals surface area contributed by atoms with Gasteiger partial charge in [-0.05, 0) is 23.5 Å². The summed E-state index contributed by atoms with van der Waals surface area (Å²) in [5, 5.41) is 14.5. The van der Waals surface area contributed by atoms with Crippen molar-refractivity contribution in [3.8, 4) is 0 Å². The third kappa shape index (κ3) is 5.10. The molecule has 5 nitrogen and oxygen atoms in total. The average Bonchev–Trinajstić information content (AvgIpc) is 2.49. The summed E-state index contributed by atoms with van der Waals surface area (Å²) in [6.45, 7) is 6.68. The van der Waals surface area contributed by atoms with Gasteiger partial charge in [0.1, 0.15) is 0 Å². The molecule has 0 aliphatic rings. The predicted octanol–water partition coefficient (Wildman–Crippen LogP) is 2.59. The number of nitrogens with zero attached hydrogens (tertiary/aromatic N) is 1. The van der Waals surface area contributed by atoms with Gasteiger partial charge in [0.25, 0.3) is 0 Å². The molecule has 0 heterocycles. The van der Waals surface area contributed by atoms with E-state index in [1.807, 2.05) is 19.1 Å². The SMILES string of the molecule is CCCC(C(=O)NCc1ccc(C(C)C)cc1)C(N)=NO. The Kier molecular flexibility index (Phi) is 6.72. The molecule has 0 aliphatic carbocycles. The van der Waals surface area contributed by atoms with E-state index in [1.54, 1.807) is 0 Å². The van der Waals surface area contributed by atoms with Crippen LogP contribution >= 0.6 is 0 Å². The molecule has 0 fully saturated rings. The largest absolute Gasteiger partial charge is 0.409 e. The van der Waals surface area contributed by atoms with Crippen molar-refractivity contribution in [1.29, 1.82) is 0 Å². The molecule has 4 N–H and O–H groups in total. The predicted molar refractivity (Wildman–Crippen MR) is 84.2 cm³/mol. The van der Waals surface area contributed by atoms with Gasteiger partial charge in [-0.3, -0.25) is 4.79 Å². The van der Waals surface area contributed by atoms with E-state index in [4.69, 9.17) is 10.9 Å². The summed E-state index contributed by atoms with van der Waals surface area (Å²) < 4.78 is 0. The highest BCUT2D eigenvalue weighted by molar-refractivity contribution is 6.01. The number of amides is 1. The topological polar surface area (TPSA) is 87.7 Å². The highest BCUT2D eigenvalue weighted by Gasteiger charge is 2.21. The number of benzene rings is 1. The van der Waals surface area contributed by atoms with Gasteiger partial charge in [-0.2, -0.15) is 0 Å². The number of nitrogens with two attached hydrogens (primary N) is 1. The van der Waals surface area contributed by atoms with Crippen molar-refractivity contribution in [1.82, 2.24) is 5.32 Å². The number of carbonyl (C=O) groups is 1. The molecule has 1 atom stereocenters. The number of carbonyl (C=O) groups excluding carboxylic acids is 1. The molecule has 21 heavy (non-hydrogen) atoms. The summed E-state index contributed by atoms with van der Waals surface area (Å²) >= 11 is 0. The molecule has 0 saturated heterocycles. The van der Waals surface area contributed by atoms with E-state index in [9.17, 15) is 4.79 Å². The smallest absolute Gasteiger partial charge is 0.231 e. The summed E-state index contributed by atoms with van der Waals surface area (Å²) in [5.41, 5.74) is 7.86. The van der Waals surface area contributed by atoms with Gasteiger partial charge in [-0.15, -0.1) is 0 Å². The third-order valence-corrected chi connectivity index (χ3v) is 3.48. The maximum Gasteiger partial charge on any atom is 0.231 e. The van der Waals surface area contributed by atoms with Gasteiger partial charge in [0.05, 0.1) is 5.92 Å². The second-order valence-corrected chi connectivity index (χ2v) is 5.48. The van der Waals surface area contributed by atoms with Crippen LogP contribution in [0.1, 0.15) is 50.7 Å². The van der Waals surface area contributed by atoms with E-state index in [1.165, 1.54) is 5.56 Å². The lowest BCUT2D eigenvalue weighted by atomic mass is 10.0. The fourth-order valence-corrected chi connectivity index (χ4v) is 2.10. The lowest BCUT2D eigenvalue weighted by molar-refractivity contribution is -0.123. The van der Waals surface area contributed by atoms with Gasteiger partial charge in [-0.25, -0.2) is 0 Å². The molecule has 1 rings (SSSR count). The first kappa shape index (κ1) is 17.0. The first-order valence-electron chi connectivity index (χ1n) is 7.33. The Bertz CT molecular complexity index is 481. The zero-order valence-electron chi connectivity index (χ0n) is 13.0. The normalized spacial score (nSPS) is 13.2. The van der Waals surface area contributed by atoms with Crippen LogP contribution in [0.5, 0.6) is 0 Å². The summed E-state index contributed by atoms with van der Waals surface area (Å²) in [6, 6.07) is 8.15. The highest BCUT2D eigenvalue weighted by atomic mass is 16.4. The standard InChI is InChI=1S/C16H25N3O2/c1-4-5-14(15(17)19-21)16(20)18-10-12-6-8-13(9-7-12)11(2)3/h6-9,11,14,21H,4-5,10H2,1-3H3,(H2,17,19)(H,18,20). The number of nitrogens with one attached hydrogen (secondary N) is 1. The van der Waals surface area contributed by atoms with E-state index in [2.05, 4.69) is 36.5 Å². The van der Waals surface area contributed by atoms with E-state index in [0.29, 0.717) is 18.9 Å². The molecule has 0 radical (unpaired) electrons. The van der Waals surface area contributed by atoms with Gasteiger partial charge < -0.3 is 16.3 Å². The first-order valence-corrected chi connectivity index (χ1v) is 7.33. The second-order valence-electron chi connectivity index (χ2n) is 5.48. The van der Waals surface area contributed by atoms with Crippen LogP contribution in [0.4, 0.5) is 0 Å². The first-order chi connectivity index (χ1) is 9.99. The zero-order chi connectivity index (χ0) is 15.8. The fraction of sp³-hybridized carbons (Fsp3) is 0.500. The van der Waals surface area contributed by atoms with Crippen molar-refractivity contribution in [2.75, 3.05) is 0 Å². The molecule has 0 aliphatic heterocycles. The van der Waals surface area contributed by atoms with Crippen molar-refractivity contribution in [3.63, 3.8) is 0 Å². The number of amidine groups is 1. The minimum Gasteiger partial charge on any atom is -0.409 e. The van der Waals surface area contributed by atoms with Gasteiger partial charge >= 0.3 is 0 Å². The number of oxime groups is 1. The Hall–Kier alpha value is -2.04. The molecule has 1 aromatic rings. The van der Waals surface area contributed by atoms with Gasteiger partial charge in [-0.1, -0.05) is 56.6 Å². The third-order valence-electron chi connectivity index (χ3n) is 3.48. The minimum absolute atomic E-state index is 0.0375. The van der Waals surface area contributed by atoms with Crippen molar-refractivity contribution >= 4 is 11.7 Å². The molecule has 1 unspecified atom stereocenters. The summed E-state index contributed by atoms with van der Waals surface area (Å²) in [5.74, 6) is -0.331. The molecule has 1 aromatic carbocycles. The Morgan fingerprint density at radius 3 is 2.43 bits per heavy atom. The molecule has 0 aromatic heterocycles. The van der Waals surface area contributed by atoms with Crippen LogP contribution in [-0.4, -0.2) is 17.0 Å². The Morgan fingerprint density at radius 2 is 1.95 bits per heavy atom. The van der Waals surface area contributed by atoms with Crippen LogP contribution in [0.15, 0.2) is 29.4 Å². The molecule has 0 bridgehead atoms. The van der Waals surface area contributed by atoms with E-state index < -0.39 is 5.92 Å². The quantitative estimate of drug-likeness (QED) is 0.312. The van der Waals surface area contributed by atoms with Gasteiger partial charge in [0.2, 0.25) is 5.91 Å². The van der Waals surface area contributed by atoms with Crippen LogP contribution in [0.25, 0.3) is 0 Å². The lowest BCUT2D eigenvalue weighted by Gasteiger charge is -2.15. The van der Waals surface area contributed by atoms with Gasteiger partial charge in [0, 0.05) is 6.54 Å². The average molecular weight is 291 g/mol. The van der Waals surface area contributed by atoms with E-state index in [-0.39, 0.29) is 11.7 Å². The van der Waals surface area contributed by atoms with Crippen LogP contribution in [0, 0.1) is 5.92 Å². The van der Waals surface area contributed by atoms with E-state index in [0.717, 1.165) is 12.0 Å². The van der Waals surface area contributed by atoms with Gasteiger partial charge in [0.15, 0.2) is 5.84 Å². The maximum atomic E-state index is 12.1. The molecular formula is C16H25N3O2. The molecule has 0 saturated carbocycles. The van der Waals surface area contributed by atoms with Crippen molar-refractivity contribution in [2.45, 2.75) is 46.1 Å². The molecule has 1 amide bonds. The van der Waals surface area contributed by atoms with E-state index >= 15 is 0 Å².